The van der Waals surface area contributed by atoms with Crippen LogP contribution in [-0.4, -0.2) is 65.1 Å². The Balaban J connectivity index is 1.49. The molecule has 224 valence electrons. The molecular formula is C32H36N6O5. The van der Waals surface area contributed by atoms with Crippen molar-refractivity contribution in [1.82, 2.24) is 14.5 Å². The van der Waals surface area contributed by atoms with Crippen molar-refractivity contribution in [2.24, 2.45) is 10.7 Å². The smallest absolute Gasteiger partial charge is 0.326 e. The number of amides is 1. The lowest BCUT2D eigenvalue weighted by Gasteiger charge is -2.36. The number of nitrogens with two attached hydrogens (primary N) is 1. The maximum absolute atomic E-state index is 14.1. The van der Waals surface area contributed by atoms with Gasteiger partial charge in [-0.15, -0.1) is 0 Å². The number of unbranched alkanes of at least 4 members (excludes halogenated alkanes) is 2. The fraction of sp³-hybridized carbons (Fsp3) is 0.438. The van der Waals surface area contributed by atoms with Gasteiger partial charge in [-0.05, 0) is 37.5 Å². The lowest BCUT2D eigenvalue weighted by molar-refractivity contribution is -0.172. The van der Waals surface area contributed by atoms with Gasteiger partial charge in [0.15, 0.2) is 11.4 Å². The van der Waals surface area contributed by atoms with Crippen LogP contribution < -0.4 is 16.2 Å². The zero-order chi connectivity index (χ0) is 30.5. The Kier molecular flexibility index (Phi) is 7.37. The molecule has 1 aliphatic carbocycles. The molecule has 0 bridgehead atoms. The zero-order valence-electron chi connectivity index (χ0n) is 24.8. The number of aliphatic imine (C=N–C) groups is 1. The Hall–Kier alpha value is -4.38. The highest BCUT2D eigenvalue weighted by Crippen LogP contribution is 2.47. The number of aromatic nitrogens is 2. The number of carbonyl (C=O) groups excluding carboxylic acids is 3. The van der Waals surface area contributed by atoms with Crippen LogP contribution in [0, 0.1) is 0 Å². The van der Waals surface area contributed by atoms with Crippen molar-refractivity contribution in [3.8, 4) is 11.4 Å². The van der Waals surface area contributed by atoms with E-state index in [2.05, 4.69) is 11.8 Å². The highest BCUT2D eigenvalue weighted by atomic mass is 16.6. The van der Waals surface area contributed by atoms with Gasteiger partial charge in [0.1, 0.15) is 6.54 Å². The average molecular weight is 585 g/mol. The first-order valence-corrected chi connectivity index (χ1v) is 15.0. The molecule has 0 saturated heterocycles. The molecule has 0 saturated carbocycles. The lowest BCUT2D eigenvalue weighted by Crippen LogP contribution is -2.48. The number of likely N-dealkylation sites (N-methyl/N-ethyl adjacent to an activating group) is 1. The van der Waals surface area contributed by atoms with Gasteiger partial charge in [-0.25, -0.2) is 9.98 Å². The molecule has 3 aliphatic rings. The van der Waals surface area contributed by atoms with Crippen molar-refractivity contribution < 1.29 is 19.1 Å². The van der Waals surface area contributed by atoms with Gasteiger partial charge in [-0.3, -0.25) is 19.2 Å². The number of hydrogen-bond donors (Lipinski definition) is 1. The second-order valence-corrected chi connectivity index (χ2v) is 11.4. The van der Waals surface area contributed by atoms with Crippen LogP contribution in [0.1, 0.15) is 62.6 Å². The maximum atomic E-state index is 14.1. The molecule has 2 N–H and O–H groups in total. The number of benzene rings is 1. The van der Waals surface area contributed by atoms with Crippen LogP contribution in [0.4, 0.5) is 11.4 Å². The van der Waals surface area contributed by atoms with Gasteiger partial charge < -0.3 is 24.8 Å². The summed E-state index contributed by atoms with van der Waals surface area (Å²) in [5, 5.41) is 0.967. The van der Waals surface area contributed by atoms with E-state index in [0.717, 1.165) is 58.5 Å². The summed E-state index contributed by atoms with van der Waals surface area (Å²) in [5.41, 5.74) is 9.32. The second kappa shape index (κ2) is 11.0. The lowest BCUT2D eigenvalue weighted by atomic mass is 9.76. The monoisotopic (exact) mass is 584 g/mol. The molecular weight excluding hydrogens is 548 g/mol. The van der Waals surface area contributed by atoms with Gasteiger partial charge in [0.2, 0.25) is 5.91 Å². The van der Waals surface area contributed by atoms with E-state index in [1.165, 1.54) is 7.05 Å². The van der Waals surface area contributed by atoms with Gasteiger partial charge in [-0.1, -0.05) is 32.8 Å². The molecule has 0 spiro atoms. The van der Waals surface area contributed by atoms with Gasteiger partial charge in [-0.2, -0.15) is 0 Å². The second-order valence-electron chi connectivity index (χ2n) is 11.4. The molecule has 11 nitrogen and oxygen atoms in total. The highest BCUT2D eigenvalue weighted by Gasteiger charge is 2.48. The van der Waals surface area contributed by atoms with Gasteiger partial charge in [0, 0.05) is 36.7 Å². The number of anilines is 1. The number of ether oxygens (including phenoxy) is 1. The number of rotatable bonds is 9. The number of fused-ring (bicyclic) bond motifs is 5. The minimum atomic E-state index is -1.63. The highest BCUT2D eigenvalue weighted by molar-refractivity contribution is 6.11. The first-order valence-electron chi connectivity index (χ1n) is 15.0. The van der Waals surface area contributed by atoms with Crippen LogP contribution in [0.2, 0.25) is 0 Å². The summed E-state index contributed by atoms with van der Waals surface area (Å²) in [4.78, 5) is 65.8. The predicted octanol–water partition coefficient (Wildman–Crippen LogP) is 3.18. The first-order chi connectivity index (χ1) is 20.7. The van der Waals surface area contributed by atoms with E-state index in [1.54, 1.807) is 11.5 Å². The number of esters is 1. The summed E-state index contributed by atoms with van der Waals surface area (Å²) in [5.74, 6) is -1.43. The first kappa shape index (κ1) is 28.7. The normalized spacial score (nSPS) is 18.0. The Morgan fingerprint density at radius 1 is 1.14 bits per heavy atom. The van der Waals surface area contributed by atoms with Crippen molar-refractivity contribution in [2.75, 3.05) is 31.6 Å². The van der Waals surface area contributed by atoms with Crippen LogP contribution in [0.5, 0.6) is 0 Å². The molecule has 2 aromatic heterocycles. The third-order valence-corrected chi connectivity index (χ3v) is 8.89. The van der Waals surface area contributed by atoms with Crippen LogP contribution in [0.25, 0.3) is 22.3 Å². The van der Waals surface area contributed by atoms with Crippen LogP contribution >= 0.6 is 0 Å². The largest absolute Gasteiger partial charge is 0.445 e. The zero-order valence-corrected chi connectivity index (χ0v) is 24.8. The molecule has 3 aromatic rings. The average Bonchev–Trinajstić information content (AvgIpc) is 3.38. The van der Waals surface area contributed by atoms with E-state index in [1.807, 2.05) is 30.6 Å². The van der Waals surface area contributed by atoms with Gasteiger partial charge >= 0.3 is 5.97 Å². The fourth-order valence-electron chi connectivity index (χ4n) is 6.62. The van der Waals surface area contributed by atoms with Crippen molar-refractivity contribution in [2.45, 2.75) is 64.5 Å². The summed E-state index contributed by atoms with van der Waals surface area (Å²) in [6.07, 6.45) is 5.55. The number of ketones is 1. The molecule has 2 aliphatic heterocycles. The molecule has 43 heavy (non-hydrogen) atoms. The van der Waals surface area contributed by atoms with E-state index < -0.39 is 17.5 Å². The minimum absolute atomic E-state index is 0.0750. The molecule has 4 heterocycles. The number of pyridine rings is 2. The molecule has 1 atom stereocenters. The van der Waals surface area contributed by atoms with Crippen molar-refractivity contribution >= 4 is 46.3 Å². The van der Waals surface area contributed by atoms with E-state index in [0.29, 0.717) is 29.1 Å². The SMILES string of the molecule is CCCCCN1C=Nc2cccc3nc4c(c1c23)Cn1c-4cc2c(c1=O)CCC(=O)[C@@]2(CC)OC(=O)CN(C)C(=O)CN. The summed E-state index contributed by atoms with van der Waals surface area (Å²) in [7, 11) is 1.45. The molecule has 11 heteroatoms. The summed E-state index contributed by atoms with van der Waals surface area (Å²) in [6.45, 7) is 4.47. The number of Topliss-reactive ketones (excluding diaryl/α,β-unsaturated/α-hetero) is 1. The third kappa shape index (κ3) is 4.53. The number of hydrogen-bond acceptors (Lipinski definition) is 9. The summed E-state index contributed by atoms with van der Waals surface area (Å²) < 4.78 is 7.66. The molecule has 1 amide bonds. The van der Waals surface area contributed by atoms with Crippen molar-refractivity contribution in [3.05, 3.63) is 51.3 Å². The fourth-order valence-corrected chi connectivity index (χ4v) is 6.62. The van der Waals surface area contributed by atoms with Crippen LogP contribution in [-0.2, 0) is 37.7 Å². The molecule has 0 fully saturated rings. The number of carbonyl (C=O) groups is 3. The summed E-state index contributed by atoms with van der Waals surface area (Å²) in [6, 6.07) is 7.67. The summed E-state index contributed by atoms with van der Waals surface area (Å²) >= 11 is 0. The maximum Gasteiger partial charge on any atom is 0.326 e. The van der Waals surface area contributed by atoms with Gasteiger partial charge in [0.05, 0.1) is 53.1 Å². The molecule has 1 aromatic carbocycles. The molecule has 0 unspecified atom stereocenters. The van der Waals surface area contributed by atoms with Crippen LogP contribution in [0.3, 0.4) is 0 Å². The molecule has 6 rings (SSSR count). The standard InChI is InChI=1S/C32H36N6O5/c1-4-6-7-13-37-18-34-22-9-8-10-23-28(22)30(37)20-16-38-24(29(20)35-23)14-21-19(31(38)42)11-12-25(39)32(21,5-2)43-27(41)17-36(3)26(40)15-33/h8-10,14,18H,4-7,11-13,15-17,33H2,1-3H3/t32-/m0/s1. The van der Waals surface area contributed by atoms with E-state index in [9.17, 15) is 19.2 Å². The Morgan fingerprint density at radius 3 is 2.70 bits per heavy atom. The third-order valence-electron chi connectivity index (χ3n) is 8.89. The predicted molar refractivity (Wildman–Crippen MR) is 164 cm³/mol. The van der Waals surface area contributed by atoms with Gasteiger partial charge in [0.25, 0.3) is 5.56 Å². The van der Waals surface area contributed by atoms with Crippen molar-refractivity contribution in [1.29, 1.82) is 0 Å². The van der Waals surface area contributed by atoms with Crippen LogP contribution in [0.15, 0.2) is 34.1 Å². The van der Waals surface area contributed by atoms with E-state index >= 15 is 0 Å². The quantitative estimate of drug-likeness (QED) is 0.234. The topological polar surface area (TPSA) is 140 Å². The van der Waals surface area contributed by atoms with E-state index in [-0.39, 0.29) is 43.7 Å². The van der Waals surface area contributed by atoms with E-state index in [4.69, 9.17) is 20.4 Å². The number of nitrogens with zero attached hydrogens (tertiary/aromatic N) is 5. The minimum Gasteiger partial charge on any atom is -0.445 e. The molecule has 0 radical (unpaired) electrons. The van der Waals surface area contributed by atoms with Crippen molar-refractivity contribution in [3.63, 3.8) is 0 Å². The Labute approximate surface area is 249 Å². The Morgan fingerprint density at radius 2 is 1.95 bits per heavy atom. The Bertz CT molecular complexity index is 1760.